The van der Waals surface area contributed by atoms with E-state index in [0.29, 0.717) is 11.7 Å². The fraction of sp³-hybridized carbons (Fsp3) is 0.500. The predicted octanol–water partition coefficient (Wildman–Crippen LogP) is 0.447. The summed E-state index contributed by atoms with van der Waals surface area (Å²) >= 11 is 0. The monoisotopic (exact) mass is 328 g/mol. The molecule has 8 nitrogen and oxygen atoms in total. The van der Waals surface area contributed by atoms with Crippen molar-refractivity contribution < 1.29 is 0 Å². The first-order chi connectivity index (χ1) is 11.7. The van der Waals surface area contributed by atoms with E-state index >= 15 is 0 Å². The maximum Gasteiger partial charge on any atom is 0.327 e. The summed E-state index contributed by atoms with van der Waals surface area (Å²) in [6.45, 7) is 3.02. The van der Waals surface area contributed by atoms with Crippen LogP contribution in [0, 0.1) is 0 Å². The molecule has 8 heteroatoms. The minimum atomic E-state index is -0.471. The van der Waals surface area contributed by atoms with Crippen LogP contribution in [0.4, 0.5) is 11.6 Å². The first-order valence-electron chi connectivity index (χ1n) is 8.34. The first-order valence-corrected chi connectivity index (χ1v) is 8.34. The number of anilines is 2. The van der Waals surface area contributed by atoms with E-state index in [1.165, 1.54) is 25.3 Å². The van der Waals surface area contributed by atoms with Crippen LogP contribution in [0.25, 0.3) is 0 Å². The van der Waals surface area contributed by atoms with Gasteiger partial charge in [-0.3, -0.25) is 14.8 Å². The molecule has 2 aromatic rings. The number of H-pyrrole nitrogens is 2. The third-order valence-electron chi connectivity index (χ3n) is 4.89. The molecule has 2 aromatic heterocycles. The Kier molecular flexibility index (Phi) is 3.79. The van der Waals surface area contributed by atoms with Crippen molar-refractivity contribution in [2.24, 2.45) is 0 Å². The summed E-state index contributed by atoms with van der Waals surface area (Å²) in [7, 11) is 0. The maximum absolute atomic E-state index is 11.4. The van der Waals surface area contributed by atoms with Crippen molar-refractivity contribution in [2.75, 3.05) is 36.0 Å². The average molecular weight is 328 g/mol. The van der Waals surface area contributed by atoms with Gasteiger partial charge in [0.15, 0.2) is 0 Å². The molecule has 126 valence electrons. The predicted molar refractivity (Wildman–Crippen MR) is 90.7 cm³/mol. The molecule has 4 rings (SSSR count). The van der Waals surface area contributed by atoms with Gasteiger partial charge in [0.2, 0.25) is 0 Å². The molecule has 3 heterocycles. The molecular weight excluding hydrogens is 308 g/mol. The number of aromatic amines is 2. The smallest absolute Gasteiger partial charge is 0.327 e. The van der Waals surface area contributed by atoms with Crippen LogP contribution in [0.2, 0.25) is 0 Å². The Morgan fingerprint density at radius 2 is 1.71 bits per heavy atom. The van der Waals surface area contributed by atoms with Crippen LogP contribution in [-0.4, -0.2) is 46.1 Å². The van der Waals surface area contributed by atoms with E-state index in [2.05, 4.69) is 30.9 Å². The van der Waals surface area contributed by atoms with Gasteiger partial charge in [0.1, 0.15) is 18.0 Å². The number of nitrogens with zero attached hydrogens (tertiary/aromatic N) is 4. The van der Waals surface area contributed by atoms with Gasteiger partial charge >= 0.3 is 5.69 Å². The molecule has 0 spiro atoms. The number of hydrogen-bond acceptors (Lipinski definition) is 6. The van der Waals surface area contributed by atoms with Crippen LogP contribution in [0.15, 0.2) is 28.0 Å². The van der Waals surface area contributed by atoms with Crippen molar-refractivity contribution in [3.63, 3.8) is 0 Å². The molecule has 0 amide bonds. The van der Waals surface area contributed by atoms with Crippen molar-refractivity contribution in [3.8, 4) is 0 Å². The summed E-state index contributed by atoms with van der Waals surface area (Å²) in [6.07, 6.45) is 5.39. The van der Waals surface area contributed by atoms with Crippen LogP contribution >= 0.6 is 0 Å². The SMILES string of the molecule is O=c1cc(N2CCN(c3cc(C4CCC4)ncn3)CC2)[nH]c(=O)[nH]1. The van der Waals surface area contributed by atoms with E-state index in [0.717, 1.165) is 37.7 Å². The topological polar surface area (TPSA) is 98.0 Å². The molecule has 0 bridgehead atoms. The lowest BCUT2D eigenvalue weighted by atomic mass is 9.83. The number of hydrogen-bond donors (Lipinski definition) is 2. The van der Waals surface area contributed by atoms with Gasteiger partial charge in [0.05, 0.1) is 0 Å². The van der Waals surface area contributed by atoms with Gasteiger partial charge in [-0.25, -0.2) is 14.8 Å². The molecule has 0 aromatic carbocycles. The van der Waals surface area contributed by atoms with Crippen molar-refractivity contribution in [1.29, 1.82) is 0 Å². The van der Waals surface area contributed by atoms with Crippen LogP contribution < -0.4 is 21.0 Å². The lowest BCUT2D eigenvalue weighted by Crippen LogP contribution is -2.48. The van der Waals surface area contributed by atoms with Crippen LogP contribution in [0.5, 0.6) is 0 Å². The molecule has 1 saturated carbocycles. The summed E-state index contributed by atoms with van der Waals surface area (Å²) in [6, 6.07) is 3.53. The zero-order chi connectivity index (χ0) is 16.5. The summed E-state index contributed by atoms with van der Waals surface area (Å²) in [5.41, 5.74) is 0.297. The van der Waals surface area contributed by atoms with Gasteiger partial charge in [-0.1, -0.05) is 6.42 Å². The Hall–Kier alpha value is -2.64. The van der Waals surface area contributed by atoms with Gasteiger partial charge < -0.3 is 9.80 Å². The fourth-order valence-corrected chi connectivity index (χ4v) is 3.26. The van der Waals surface area contributed by atoms with Gasteiger partial charge in [0.25, 0.3) is 5.56 Å². The second kappa shape index (κ2) is 6.10. The molecule has 1 aliphatic carbocycles. The summed E-state index contributed by atoms with van der Waals surface area (Å²) < 4.78 is 0. The van der Waals surface area contributed by atoms with Gasteiger partial charge in [-0.2, -0.15) is 0 Å². The highest BCUT2D eigenvalue weighted by Crippen LogP contribution is 2.35. The normalized spacial score (nSPS) is 18.5. The van der Waals surface area contributed by atoms with Crippen molar-refractivity contribution in [2.45, 2.75) is 25.2 Å². The van der Waals surface area contributed by atoms with Crippen molar-refractivity contribution in [1.82, 2.24) is 19.9 Å². The minimum absolute atomic E-state index is 0.378. The highest BCUT2D eigenvalue weighted by atomic mass is 16.2. The number of rotatable bonds is 3. The molecule has 0 unspecified atom stereocenters. The Morgan fingerprint density at radius 3 is 2.38 bits per heavy atom. The van der Waals surface area contributed by atoms with Crippen molar-refractivity contribution >= 4 is 11.6 Å². The lowest BCUT2D eigenvalue weighted by molar-refractivity contribution is 0.410. The summed E-state index contributed by atoms with van der Waals surface area (Å²) in [5, 5.41) is 0. The zero-order valence-electron chi connectivity index (χ0n) is 13.4. The Morgan fingerprint density at radius 1 is 0.958 bits per heavy atom. The first kappa shape index (κ1) is 14.9. The highest BCUT2D eigenvalue weighted by molar-refractivity contribution is 5.45. The molecule has 24 heavy (non-hydrogen) atoms. The second-order valence-electron chi connectivity index (χ2n) is 6.38. The molecule has 2 N–H and O–H groups in total. The Bertz CT molecular complexity index is 804. The lowest BCUT2D eigenvalue weighted by Gasteiger charge is -2.36. The summed E-state index contributed by atoms with van der Waals surface area (Å²) in [5.74, 6) is 2.13. The van der Waals surface area contributed by atoms with E-state index < -0.39 is 5.69 Å². The molecule has 0 atom stereocenters. The molecule has 0 radical (unpaired) electrons. The van der Waals surface area contributed by atoms with Gasteiger partial charge in [-0.05, 0) is 12.8 Å². The maximum atomic E-state index is 11.4. The molecule has 2 fully saturated rings. The molecule has 1 aliphatic heterocycles. The zero-order valence-corrected chi connectivity index (χ0v) is 13.4. The van der Waals surface area contributed by atoms with Crippen LogP contribution in [0.1, 0.15) is 30.9 Å². The van der Waals surface area contributed by atoms with Crippen LogP contribution in [0.3, 0.4) is 0 Å². The number of nitrogens with one attached hydrogen (secondary N) is 2. The second-order valence-corrected chi connectivity index (χ2v) is 6.38. The van der Waals surface area contributed by atoms with E-state index in [-0.39, 0.29) is 5.56 Å². The molecule has 1 saturated heterocycles. The highest BCUT2D eigenvalue weighted by Gasteiger charge is 2.23. The minimum Gasteiger partial charge on any atom is -0.354 e. The summed E-state index contributed by atoms with van der Waals surface area (Å²) in [4.78, 5) is 40.8. The van der Waals surface area contributed by atoms with E-state index in [9.17, 15) is 9.59 Å². The third kappa shape index (κ3) is 2.91. The van der Waals surface area contributed by atoms with E-state index in [4.69, 9.17) is 0 Å². The number of piperazine rings is 1. The average Bonchev–Trinajstić information content (AvgIpc) is 2.53. The fourth-order valence-electron chi connectivity index (χ4n) is 3.26. The largest absolute Gasteiger partial charge is 0.354 e. The van der Waals surface area contributed by atoms with Crippen LogP contribution in [-0.2, 0) is 0 Å². The Balaban J connectivity index is 1.46. The van der Waals surface area contributed by atoms with E-state index in [1.807, 2.05) is 4.90 Å². The standard InChI is InChI=1S/C16H20N6O2/c23-15-9-14(19-16(24)20-15)22-6-4-21(5-7-22)13-8-12(17-10-18-13)11-2-1-3-11/h8-11H,1-7H2,(H2,19,20,23,24). The quantitative estimate of drug-likeness (QED) is 0.849. The van der Waals surface area contributed by atoms with E-state index in [1.54, 1.807) is 6.33 Å². The Labute approximate surface area is 138 Å². The van der Waals surface area contributed by atoms with Gasteiger partial charge in [0, 0.05) is 49.9 Å². The van der Waals surface area contributed by atoms with Gasteiger partial charge in [-0.15, -0.1) is 0 Å². The molecule has 2 aliphatic rings. The third-order valence-corrected chi connectivity index (χ3v) is 4.89. The van der Waals surface area contributed by atoms with Crippen molar-refractivity contribution in [3.05, 3.63) is 45.0 Å². The molecular formula is C16H20N6O2. The number of aromatic nitrogens is 4.